The van der Waals surface area contributed by atoms with Crippen LogP contribution in [0.1, 0.15) is 16.8 Å². The van der Waals surface area contributed by atoms with Gasteiger partial charge in [-0.3, -0.25) is 0 Å². The van der Waals surface area contributed by atoms with Crippen LogP contribution in [0.4, 0.5) is 5.82 Å². The number of anilines is 1. The fourth-order valence-corrected chi connectivity index (χ4v) is 3.00. The number of pyridine rings is 1. The Morgan fingerprint density at radius 3 is 2.86 bits per heavy atom. The molecule has 1 aliphatic rings. The molecule has 0 radical (unpaired) electrons. The minimum absolute atomic E-state index is 0.0860. The van der Waals surface area contributed by atoms with Gasteiger partial charge in [-0.15, -0.1) is 0 Å². The Morgan fingerprint density at radius 1 is 1.38 bits per heavy atom. The average molecular weight is 307 g/mol. The highest BCUT2D eigenvalue weighted by Crippen LogP contribution is 2.29. The highest BCUT2D eigenvalue weighted by Gasteiger charge is 2.23. The molecular weight excluding hydrogens is 292 g/mol. The number of fused-ring (bicyclic) bond motifs is 1. The largest absolute Gasteiger partial charge is 0.478 e. The van der Waals surface area contributed by atoms with E-state index in [1.165, 1.54) is 0 Å². The number of carbonyl (C=O) groups is 1. The number of benzene rings is 1. The Hall–Kier alpha value is -1.85. The molecule has 2 aromatic rings. The molecule has 2 N–H and O–H groups in total. The molecule has 5 nitrogen and oxygen atoms in total. The van der Waals surface area contributed by atoms with Crippen molar-refractivity contribution in [1.82, 2.24) is 4.98 Å². The molecule has 0 unspecified atom stereocenters. The third kappa shape index (κ3) is 2.54. The van der Waals surface area contributed by atoms with Crippen molar-refractivity contribution >= 4 is 34.3 Å². The van der Waals surface area contributed by atoms with Crippen molar-refractivity contribution in [2.24, 2.45) is 5.92 Å². The standard InChI is InChI=1S/C15H15ClN2O3/c16-11-2-3-12-10(14(11)15(20)21)1-4-13(17-12)18-6-5-9(7-18)8-19/h1-4,9,19H,5-8H2,(H,20,21)/t9-/m0/s1. The average Bonchev–Trinajstić information content (AvgIpc) is 2.95. The van der Waals surface area contributed by atoms with Crippen LogP contribution in [0.25, 0.3) is 10.9 Å². The second kappa shape index (κ2) is 5.50. The molecule has 110 valence electrons. The summed E-state index contributed by atoms with van der Waals surface area (Å²) in [5, 5.41) is 19.2. The maximum Gasteiger partial charge on any atom is 0.337 e. The van der Waals surface area contributed by atoms with Crippen LogP contribution in [-0.2, 0) is 0 Å². The summed E-state index contributed by atoms with van der Waals surface area (Å²) in [5.41, 5.74) is 0.699. The Labute approximate surface area is 126 Å². The van der Waals surface area contributed by atoms with Crippen LogP contribution in [0.3, 0.4) is 0 Å². The van der Waals surface area contributed by atoms with E-state index in [0.29, 0.717) is 10.9 Å². The summed E-state index contributed by atoms with van der Waals surface area (Å²) in [6.07, 6.45) is 0.942. The number of carboxylic acid groups (broad SMARTS) is 1. The Bertz CT molecular complexity index is 705. The summed E-state index contributed by atoms with van der Waals surface area (Å²) < 4.78 is 0. The van der Waals surface area contributed by atoms with E-state index in [0.717, 1.165) is 25.3 Å². The van der Waals surface area contributed by atoms with Gasteiger partial charge >= 0.3 is 5.97 Å². The number of aromatic nitrogens is 1. The first-order valence-electron chi connectivity index (χ1n) is 6.78. The number of hydrogen-bond acceptors (Lipinski definition) is 4. The fraction of sp³-hybridized carbons (Fsp3) is 0.333. The summed E-state index contributed by atoms with van der Waals surface area (Å²) in [4.78, 5) is 17.9. The molecule has 0 saturated carbocycles. The molecule has 0 spiro atoms. The number of aliphatic hydroxyl groups is 1. The van der Waals surface area contributed by atoms with Gasteiger partial charge in [-0.2, -0.15) is 0 Å². The lowest BCUT2D eigenvalue weighted by molar-refractivity contribution is 0.0699. The van der Waals surface area contributed by atoms with Gasteiger partial charge in [0.15, 0.2) is 0 Å². The normalized spacial score (nSPS) is 18.4. The predicted molar refractivity (Wildman–Crippen MR) is 81.1 cm³/mol. The molecular formula is C15H15ClN2O3. The zero-order valence-corrected chi connectivity index (χ0v) is 12.0. The quantitative estimate of drug-likeness (QED) is 0.911. The smallest absolute Gasteiger partial charge is 0.337 e. The second-order valence-corrected chi connectivity index (χ2v) is 5.65. The van der Waals surface area contributed by atoms with Crippen molar-refractivity contribution in [3.8, 4) is 0 Å². The first-order valence-corrected chi connectivity index (χ1v) is 7.16. The maximum atomic E-state index is 11.3. The van der Waals surface area contributed by atoms with E-state index >= 15 is 0 Å². The van der Waals surface area contributed by atoms with Crippen LogP contribution in [-0.4, -0.2) is 40.9 Å². The van der Waals surface area contributed by atoms with Gasteiger partial charge < -0.3 is 15.1 Å². The van der Waals surface area contributed by atoms with Crippen molar-refractivity contribution < 1.29 is 15.0 Å². The number of aliphatic hydroxyl groups excluding tert-OH is 1. The lowest BCUT2D eigenvalue weighted by Crippen LogP contribution is -2.21. The maximum absolute atomic E-state index is 11.3. The van der Waals surface area contributed by atoms with E-state index in [9.17, 15) is 15.0 Å². The molecule has 6 heteroatoms. The van der Waals surface area contributed by atoms with Crippen LogP contribution in [0.2, 0.25) is 5.02 Å². The molecule has 1 aromatic carbocycles. The number of halogens is 1. The SMILES string of the molecule is O=C(O)c1c(Cl)ccc2nc(N3CC[C@H](CO)C3)ccc12. The minimum atomic E-state index is -1.05. The first-order chi connectivity index (χ1) is 10.1. The van der Waals surface area contributed by atoms with Gasteiger partial charge in [0.25, 0.3) is 0 Å². The van der Waals surface area contributed by atoms with Crippen molar-refractivity contribution in [3.05, 3.63) is 34.9 Å². The van der Waals surface area contributed by atoms with Gasteiger partial charge in [-0.1, -0.05) is 11.6 Å². The molecule has 0 amide bonds. The van der Waals surface area contributed by atoms with Gasteiger partial charge in [0, 0.05) is 31.0 Å². The molecule has 1 saturated heterocycles. The van der Waals surface area contributed by atoms with E-state index in [4.69, 9.17) is 11.6 Å². The summed E-state index contributed by atoms with van der Waals surface area (Å²) in [6.45, 7) is 1.81. The Balaban J connectivity index is 2.02. The van der Waals surface area contributed by atoms with E-state index in [1.54, 1.807) is 18.2 Å². The molecule has 21 heavy (non-hydrogen) atoms. The highest BCUT2D eigenvalue weighted by atomic mass is 35.5. The van der Waals surface area contributed by atoms with Gasteiger partial charge in [-0.25, -0.2) is 9.78 Å². The molecule has 1 aliphatic heterocycles. The number of nitrogens with zero attached hydrogens (tertiary/aromatic N) is 2. The fourth-order valence-electron chi connectivity index (χ4n) is 2.75. The summed E-state index contributed by atoms with van der Waals surface area (Å²) >= 11 is 5.96. The Morgan fingerprint density at radius 2 is 2.19 bits per heavy atom. The molecule has 1 aromatic heterocycles. The van der Waals surface area contributed by atoms with Gasteiger partial charge in [-0.05, 0) is 30.7 Å². The zero-order valence-electron chi connectivity index (χ0n) is 11.3. The van der Waals surface area contributed by atoms with E-state index in [2.05, 4.69) is 9.88 Å². The minimum Gasteiger partial charge on any atom is -0.478 e. The van der Waals surface area contributed by atoms with E-state index in [-0.39, 0.29) is 23.1 Å². The predicted octanol–water partition coefficient (Wildman–Crippen LogP) is 2.41. The van der Waals surface area contributed by atoms with Gasteiger partial charge in [0.1, 0.15) is 5.82 Å². The molecule has 1 atom stereocenters. The monoisotopic (exact) mass is 306 g/mol. The number of hydrogen-bond donors (Lipinski definition) is 2. The van der Waals surface area contributed by atoms with Crippen LogP contribution in [0.15, 0.2) is 24.3 Å². The van der Waals surface area contributed by atoms with E-state index < -0.39 is 5.97 Å². The highest BCUT2D eigenvalue weighted by molar-refractivity contribution is 6.35. The van der Waals surface area contributed by atoms with Crippen LogP contribution >= 0.6 is 11.6 Å². The molecule has 2 heterocycles. The zero-order chi connectivity index (χ0) is 15.0. The topological polar surface area (TPSA) is 73.7 Å². The Kier molecular flexibility index (Phi) is 3.69. The van der Waals surface area contributed by atoms with E-state index in [1.807, 2.05) is 6.07 Å². The van der Waals surface area contributed by atoms with Crippen molar-refractivity contribution in [1.29, 1.82) is 0 Å². The number of aromatic carboxylic acids is 1. The van der Waals surface area contributed by atoms with Crippen LogP contribution in [0.5, 0.6) is 0 Å². The lowest BCUT2D eigenvalue weighted by Gasteiger charge is -2.18. The van der Waals surface area contributed by atoms with Crippen molar-refractivity contribution in [2.45, 2.75) is 6.42 Å². The number of rotatable bonds is 3. The van der Waals surface area contributed by atoms with Crippen LogP contribution in [0, 0.1) is 5.92 Å². The summed E-state index contributed by atoms with van der Waals surface area (Å²) in [7, 11) is 0. The third-order valence-electron chi connectivity index (χ3n) is 3.89. The molecule has 1 fully saturated rings. The van der Waals surface area contributed by atoms with Crippen LogP contribution < -0.4 is 4.90 Å². The second-order valence-electron chi connectivity index (χ2n) is 5.25. The summed E-state index contributed by atoms with van der Waals surface area (Å²) in [6, 6.07) is 6.85. The third-order valence-corrected chi connectivity index (χ3v) is 4.20. The molecule has 0 bridgehead atoms. The summed E-state index contributed by atoms with van der Waals surface area (Å²) in [5.74, 6) is 0.0288. The molecule has 3 rings (SSSR count). The van der Waals surface area contributed by atoms with Gasteiger partial charge in [0.2, 0.25) is 0 Å². The van der Waals surface area contributed by atoms with Crippen molar-refractivity contribution in [3.63, 3.8) is 0 Å². The molecule has 0 aliphatic carbocycles. The van der Waals surface area contributed by atoms with Gasteiger partial charge in [0.05, 0.1) is 16.1 Å². The lowest BCUT2D eigenvalue weighted by atomic mass is 10.1. The number of carboxylic acids is 1. The van der Waals surface area contributed by atoms with Crippen molar-refractivity contribution in [2.75, 3.05) is 24.6 Å². The first kappa shape index (κ1) is 14.1.